The van der Waals surface area contributed by atoms with E-state index in [0.717, 1.165) is 19.2 Å². The minimum Gasteiger partial charge on any atom is -0.351 e. The van der Waals surface area contributed by atoms with Crippen LogP contribution in [0.15, 0.2) is 0 Å². The van der Waals surface area contributed by atoms with Crippen LogP contribution in [-0.4, -0.2) is 44.5 Å². The zero-order chi connectivity index (χ0) is 11.7. The summed E-state index contributed by atoms with van der Waals surface area (Å²) in [5.74, 6) is -0.418. The number of amides is 1. The van der Waals surface area contributed by atoms with E-state index in [4.69, 9.17) is 0 Å². The van der Waals surface area contributed by atoms with Crippen LogP contribution in [0.5, 0.6) is 0 Å². The molecule has 15 heavy (non-hydrogen) atoms. The van der Waals surface area contributed by atoms with Gasteiger partial charge in [0.25, 0.3) is 0 Å². The number of carbonyl (C=O) groups is 1. The van der Waals surface area contributed by atoms with Gasteiger partial charge in [0.2, 0.25) is 5.91 Å². The van der Waals surface area contributed by atoms with E-state index in [0.29, 0.717) is 6.54 Å². The Kier molecular flexibility index (Phi) is 3.40. The number of rotatable bonds is 3. The number of hydrogen-bond acceptors (Lipinski definition) is 4. The molecule has 0 aromatic rings. The van der Waals surface area contributed by atoms with Gasteiger partial charge in [0, 0.05) is 18.8 Å². The summed E-state index contributed by atoms with van der Waals surface area (Å²) in [6.45, 7) is 4.44. The molecule has 1 fully saturated rings. The molecule has 0 aliphatic carbocycles. The molecule has 1 rings (SSSR count). The van der Waals surface area contributed by atoms with Crippen LogP contribution in [0, 0.1) is 0 Å². The van der Waals surface area contributed by atoms with Gasteiger partial charge < -0.3 is 10.6 Å². The number of nitrogens with one attached hydrogen (secondary N) is 2. The van der Waals surface area contributed by atoms with Crippen molar-refractivity contribution in [3.8, 4) is 0 Å². The Bertz CT molecular complexity index is 342. The van der Waals surface area contributed by atoms with Crippen molar-refractivity contribution in [2.24, 2.45) is 0 Å². The van der Waals surface area contributed by atoms with Gasteiger partial charge in [-0.25, -0.2) is 8.42 Å². The van der Waals surface area contributed by atoms with Crippen LogP contribution in [0.2, 0.25) is 0 Å². The molecule has 6 heteroatoms. The minimum absolute atomic E-state index is 0.0542. The smallest absolute Gasteiger partial charge is 0.241 e. The second-order valence-electron chi connectivity index (χ2n) is 4.45. The first kappa shape index (κ1) is 12.4. The van der Waals surface area contributed by atoms with Crippen LogP contribution in [-0.2, 0) is 14.6 Å². The van der Waals surface area contributed by atoms with Crippen LogP contribution in [0.1, 0.15) is 20.3 Å². The molecule has 1 amide bonds. The van der Waals surface area contributed by atoms with Gasteiger partial charge in [-0.3, -0.25) is 4.79 Å². The normalized spacial score (nSPS) is 22.7. The van der Waals surface area contributed by atoms with E-state index in [9.17, 15) is 13.2 Å². The van der Waals surface area contributed by atoms with E-state index >= 15 is 0 Å². The molecule has 1 saturated heterocycles. The second-order valence-corrected chi connectivity index (χ2v) is 7.01. The molecule has 5 nitrogen and oxygen atoms in total. The van der Waals surface area contributed by atoms with Crippen molar-refractivity contribution in [3.63, 3.8) is 0 Å². The van der Waals surface area contributed by atoms with Crippen molar-refractivity contribution >= 4 is 15.7 Å². The van der Waals surface area contributed by atoms with Gasteiger partial charge in [0.1, 0.15) is 4.75 Å². The maximum Gasteiger partial charge on any atom is 0.241 e. The first-order valence-electron chi connectivity index (χ1n) is 4.96. The highest BCUT2D eigenvalue weighted by Crippen LogP contribution is 2.15. The highest BCUT2D eigenvalue weighted by atomic mass is 32.2. The highest BCUT2D eigenvalue weighted by Gasteiger charge is 2.39. The Balaban J connectivity index is 2.67. The van der Waals surface area contributed by atoms with Crippen molar-refractivity contribution in [2.75, 3.05) is 19.3 Å². The third-order valence-electron chi connectivity index (χ3n) is 2.87. The average Bonchev–Trinajstić information content (AvgIpc) is 2.54. The SMILES string of the molecule is CC(C)(C(=O)N[C@@H]1CCNC1)S(C)(=O)=O. The molecule has 1 atom stereocenters. The van der Waals surface area contributed by atoms with E-state index in [1.807, 2.05) is 0 Å². The summed E-state index contributed by atoms with van der Waals surface area (Å²) in [7, 11) is -3.38. The van der Waals surface area contributed by atoms with Gasteiger partial charge in [-0.1, -0.05) is 0 Å². The Morgan fingerprint density at radius 3 is 2.47 bits per heavy atom. The molecule has 0 aromatic heterocycles. The zero-order valence-electron chi connectivity index (χ0n) is 9.33. The van der Waals surface area contributed by atoms with Crippen molar-refractivity contribution in [1.82, 2.24) is 10.6 Å². The summed E-state index contributed by atoms with van der Waals surface area (Å²) < 4.78 is 21.4. The van der Waals surface area contributed by atoms with E-state index in [1.54, 1.807) is 0 Å². The largest absolute Gasteiger partial charge is 0.351 e. The van der Waals surface area contributed by atoms with E-state index in [1.165, 1.54) is 13.8 Å². The van der Waals surface area contributed by atoms with E-state index in [-0.39, 0.29) is 6.04 Å². The molecule has 0 aromatic carbocycles. The summed E-state index contributed by atoms with van der Waals surface area (Å²) in [6, 6.07) is 0.0542. The second kappa shape index (κ2) is 4.09. The van der Waals surface area contributed by atoms with Crippen molar-refractivity contribution < 1.29 is 13.2 Å². The Morgan fingerprint density at radius 2 is 2.07 bits per heavy atom. The lowest BCUT2D eigenvalue weighted by atomic mass is 10.1. The Hall–Kier alpha value is -0.620. The number of carbonyl (C=O) groups excluding carboxylic acids is 1. The maximum absolute atomic E-state index is 11.7. The molecule has 2 N–H and O–H groups in total. The topological polar surface area (TPSA) is 75.3 Å². The zero-order valence-corrected chi connectivity index (χ0v) is 10.1. The molecule has 0 spiro atoms. The molecular formula is C9H18N2O3S. The van der Waals surface area contributed by atoms with E-state index < -0.39 is 20.5 Å². The number of hydrogen-bond donors (Lipinski definition) is 2. The lowest BCUT2D eigenvalue weighted by Gasteiger charge is -2.23. The molecule has 1 aliphatic heterocycles. The first-order valence-corrected chi connectivity index (χ1v) is 6.85. The fourth-order valence-electron chi connectivity index (χ4n) is 1.31. The Labute approximate surface area is 90.5 Å². The highest BCUT2D eigenvalue weighted by molar-refractivity contribution is 7.92. The van der Waals surface area contributed by atoms with Gasteiger partial charge in [-0.2, -0.15) is 0 Å². The third-order valence-corrected chi connectivity index (χ3v) is 4.91. The average molecular weight is 234 g/mol. The number of sulfone groups is 1. The predicted octanol–water partition coefficient (Wildman–Crippen LogP) is -0.712. The third kappa shape index (κ3) is 2.69. The Morgan fingerprint density at radius 1 is 1.47 bits per heavy atom. The van der Waals surface area contributed by atoms with Crippen LogP contribution in [0.4, 0.5) is 0 Å². The standard InChI is InChI=1S/C9H18N2O3S/c1-9(2,15(3,13)14)8(12)11-7-4-5-10-6-7/h7,10H,4-6H2,1-3H3,(H,11,12)/t7-/m1/s1. The molecule has 1 heterocycles. The van der Waals surface area contributed by atoms with Crippen molar-refractivity contribution in [1.29, 1.82) is 0 Å². The fourth-order valence-corrected chi connectivity index (χ4v) is 1.70. The minimum atomic E-state index is -3.38. The predicted molar refractivity (Wildman–Crippen MR) is 58.3 cm³/mol. The van der Waals surface area contributed by atoms with Crippen molar-refractivity contribution in [3.05, 3.63) is 0 Å². The van der Waals surface area contributed by atoms with Crippen LogP contribution in [0.25, 0.3) is 0 Å². The summed E-state index contributed by atoms with van der Waals surface area (Å²) >= 11 is 0. The summed E-state index contributed by atoms with van der Waals surface area (Å²) in [5.41, 5.74) is 0. The van der Waals surface area contributed by atoms with Gasteiger partial charge in [-0.15, -0.1) is 0 Å². The van der Waals surface area contributed by atoms with Crippen molar-refractivity contribution in [2.45, 2.75) is 31.1 Å². The molecule has 0 bridgehead atoms. The molecule has 0 radical (unpaired) electrons. The molecule has 88 valence electrons. The van der Waals surface area contributed by atoms with E-state index in [2.05, 4.69) is 10.6 Å². The monoisotopic (exact) mass is 234 g/mol. The summed E-state index contributed by atoms with van der Waals surface area (Å²) in [5, 5.41) is 5.85. The lowest BCUT2D eigenvalue weighted by molar-refractivity contribution is -0.123. The van der Waals surface area contributed by atoms with Gasteiger partial charge >= 0.3 is 0 Å². The first-order chi connectivity index (χ1) is 6.75. The van der Waals surface area contributed by atoms with Crippen LogP contribution < -0.4 is 10.6 Å². The van der Waals surface area contributed by atoms with Crippen LogP contribution in [0.3, 0.4) is 0 Å². The molecule has 1 aliphatic rings. The maximum atomic E-state index is 11.7. The van der Waals surface area contributed by atoms with Gasteiger partial charge in [-0.05, 0) is 26.8 Å². The fraction of sp³-hybridized carbons (Fsp3) is 0.889. The molecule has 0 unspecified atom stereocenters. The molecular weight excluding hydrogens is 216 g/mol. The van der Waals surface area contributed by atoms with Crippen LogP contribution >= 0.6 is 0 Å². The quantitative estimate of drug-likeness (QED) is 0.676. The summed E-state index contributed by atoms with van der Waals surface area (Å²) in [6.07, 6.45) is 1.94. The molecule has 0 saturated carbocycles. The van der Waals surface area contributed by atoms with Gasteiger partial charge in [0.15, 0.2) is 9.84 Å². The summed E-state index contributed by atoms with van der Waals surface area (Å²) in [4.78, 5) is 11.7. The lowest BCUT2D eigenvalue weighted by Crippen LogP contribution is -2.51. The van der Waals surface area contributed by atoms with Gasteiger partial charge in [0.05, 0.1) is 0 Å².